The number of hydrogen-bond donors (Lipinski definition) is 5. The first-order valence-electron chi connectivity index (χ1n) is 30.1. The Balaban J connectivity index is 0.980. The lowest BCUT2D eigenvalue weighted by Gasteiger charge is -2.34. The van der Waals surface area contributed by atoms with Gasteiger partial charge in [0.15, 0.2) is 0 Å². The van der Waals surface area contributed by atoms with Crippen LogP contribution in [-0.2, 0) is 59.0 Å². The summed E-state index contributed by atoms with van der Waals surface area (Å²) >= 11 is 2.21. The van der Waals surface area contributed by atoms with Gasteiger partial charge in [-0.1, -0.05) is 18.1 Å². The van der Waals surface area contributed by atoms with E-state index in [1.807, 2.05) is 24.3 Å². The van der Waals surface area contributed by atoms with Gasteiger partial charge in [0.05, 0.1) is 49.9 Å². The number of unbranched alkanes of at least 4 members (excludes halogenated alkanes) is 1. The molecule has 0 bridgehead atoms. The third-order valence-corrected chi connectivity index (χ3v) is 16.3. The zero-order valence-corrected chi connectivity index (χ0v) is 52.9. The van der Waals surface area contributed by atoms with Gasteiger partial charge in [0.2, 0.25) is 35.4 Å². The molecular formula is C61H80F3IN12O14. The molecule has 3 aromatic rings. The van der Waals surface area contributed by atoms with Gasteiger partial charge in [0, 0.05) is 119 Å². The minimum atomic E-state index is -3.12. The normalized spacial score (nSPS) is 17.9. The first-order chi connectivity index (χ1) is 43.7. The summed E-state index contributed by atoms with van der Waals surface area (Å²) < 4.78 is 60.9. The van der Waals surface area contributed by atoms with E-state index < -0.39 is 97.9 Å². The number of halogens is 4. The minimum absolute atomic E-state index is 0.0624. The number of pyridine rings is 1. The Kier molecular flexibility index (Phi) is 30.0. The van der Waals surface area contributed by atoms with E-state index >= 15 is 4.39 Å². The van der Waals surface area contributed by atoms with Crippen LogP contribution in [-0.4, -0.2) is 267 Å². The van der Waals surface area contributed by atoms with Gasteiger partial charge in [-0.15, -0.1) is 6.42 Å². The Morgan fingerprint density at radius 3 is 2.04 bits per heavy atom. The van der Waals surface area contributed by atoms with Crippen LogP contribution in [0.1, 0.15) is 67.3 Å². The second-order valence-electron chi connectivity index (χ2n) is 22.4. The Morgan fingerprint density at radius 2 is 1.41 bits per heavy atom. The van der Waals surface area contributed by atoms with E-state index in [0.717, 1.165) is 20.5 Å². The second-order valence-corrected chi connectivity index (χ2v) is 23.6. The number of aliphatic carboxylic acids is 1. The Bertz CT molecular complexity index is 3000. The van der Waals surface area contributed by atoms with Crippen molar-refractivity contribution in [1.82, 2.24) is 60.6 Å². The number of ether oxygens (including phenoxy) is 3. The third kappa shape index (κ3) is 25.6. The van der Waals surface area contributed by atoms with Gasteiger partial charge in [-0.3, -0.25) is 82.7 Å². The average molecular weight is 1390 g/mol. The number of likely N-dealkylation sites (tertiary alicyclic amines) is 1. The maximum Gasteiger partial charge on any atom is 0.317 e. The number of fused-ring (bicyclic) bond motifs is 1. The zero-order chi connectivity index (χ0) is 65.7. The maximum absolute atomic E-state index is 15.9. The number of amides is 7. The lowest BCUT2D eigenvalue weighted by atomic mass is 10.1. The number of hydrogen-bond acceptors (Lipinski definition) is 19. The second kappa shape index (κ2) is 37.7. The molecule has 1 aromatic heterocycles. The minimum Gasteiger partial charge on any atom is -0.494 e. The number of terminal acetylenes is 1. The van der Waals surface area contributed by atoms with Crippen LogP contribution in [0, 0.1) is 15.9 Å². The highest BCUT2D eigenvalue weighted by molar-refractivity contribution is 14.1. The van der Waals surface area contributed by atoms with Crippen LogP contribution in [0.2, 0.25) is 0 Å². The highest BCUT2D eigenvalue weighted by Gasteiger charge is 2.46. The van der Waals surface area contributed by atoms with Crippen LogP contribution >= 0.6 is 22.6 Å². The number of piperazine rings is 1. The third-order valence-electron chi connectivity index (χ3n) is 15.6. The molecule has 7 amide bonds. The van der Waals surface area contributed by atoms with E-state index in [1.54, 1.807) is 37.8 Å². The van der Waals surface area contributed by atoms with Gasteiger partial charge >= 0.3 is 5.97 Å². The molecule has 0 spiro atoms. The van der Waals surface area contributed by atoms with E-state index in [4.69, 9.17) is 20.6 Å². The number of imide groups is 1. The quantitative estimate of drug-likeness (QED) is 0.0192. The molecule has 1 unspecified atom stereocenters. The van der Waals surface area contributed by atoms with Crippen molar-refractivity contribution in [2.45, 2.75) is 82.0 Å². The van der Waals surface area contributed by atoms with Crippen LogP contribution in [0.3, 0.4) is 0 Å². The monoisotopic (exact) mass is 1390 g/mol. The predicted molar refractivity (Wildman–Crippen MR) is 332 cm³/mol. The summed E-state index contributed by atoms with van der Waals surface area (Å²) in [6.45, 7) is 2.76. The molecule has 3 saturated heterocycles. The van der Waals surface area contributed by atoms with Crippen LogP contribution < -0.4 is 26.0 Å². The zero-order valence-electron chi connectivity index (χ0n) is 50.7. The van der Waals surface area contributed by atoms with Crippen LogP contribution in [0.4, 0.5) is 13.2 Å². The maximum atomic E-state index is 15.9. The Labute approximate surface area is 539 Å². The van der Waals surface area contributed by atoms with Crippen molar-refractivity contribution in [2.75, 3.05) is 138 Å². The number of nitrogens with one attached hydrogen (secondary N) is 4. The standard InChI is InChI=1S/C61H80F3IN12O14/c1-2-47-35-61(63,64)39-77(47)57(84)36-68-59(87)49-15-17-66-51-13-12-48(33-50(49)51)91-31-4-3-18-71-27-29-76(30-28-71)56(83)34-54(81)70-60(88)52(32-45(62)14-16-67-53(80)7-5-6-44-8-10-46(65)11-9-44)69-55(82)37-72-19-20-73(38-58(85)86)22-24-75(41-90-43-79)26-25-74(23-21-72)40-89-42-78/h1,8-13,15,17,33,42-43,45,47,52H,3-7,14,16,18-32,34-41H2,(H,67,80)(H,68,87)(H,69,82)(H,85,86)(H,70,81,88)/t45?,47-,52-/m0/s1. The fraction of sp³-hybridized carbons (Fsp3) is 0.557. The molecular weight excluding hydrogens is 1310 g/mol. The number of aromatic nitrogens is 1. The fourth-order valence-corrected chi connectivity index (χ4v) is 10.9. The molecule has 91 heavy (non-hydrogen) atoms. The number of aryl methyl sites for hydroxylation is 1. The van der Waals surface area contributed by atoms with Gasteiger partial charge in [-0.2, -0.15) is 0 Å². The molecule has 4 heterocycles. The van der Waals surface area contributed by atoms with Crippen molar-refractivity contribution in [3.8, 4) is 18.1 Å². The summed E-state index contributed by atoms with van der Waals surface area (Å²) in [5.41, 5.74) is 1.76. The number of benzene rings is 2. The van der Waals surface area contributed by atoms with Gasteiger partial charge < -0.3 is 45.1 Å². The first-order valence-corrected chi connectivity index (χ1v) is 31.2. The number of carbonyl (C=O) groups is 10. The summed E-state index contributed by atoms with van der Waals surface area (Å²) in [7, 11) is 0. The lowest BCUT2D eigenvalue weighted by Crippen LogP contribution is -2.54. The van der Waals surface area contributed by atoms with Crippen molar-refractivity contribution in [1.29, 1.82) is 0 Å². The van der Waals surface area contributed by atoms with E-state index in [-0.39, 0.29) is 110 Å². The summed E-state index contributed by atoms with van der Waals surface area (Å²) in [5.74, 6) is -6.49. The molecule has 5 N–H and O–H groups in total. The van der Waals surface area contributed by atoms with Crippen molar-refractivity contribution < 1.29 is 80.4 Å². The fourth-order valence-electron chi connectivity index (χ4n) is 10.6. The van der Waals surface area contributed by atoms with E-state index in [9.17, 15) is 61.8 Å². The molecule has 30 heteroatoms. The number of rotatable bonds is 32. The van der Waals surface area contributed by atoms with Crippen LogP contribution in [0.25, 0.3) is 10.9 Å². The van der Waals surface area contributed by atoms with E-state index in [0.29, 0.717) is 88.3 Å². The number of carboxylic acids is 1. The molecule has 3 aliphatic rings. The van der Waals surface area contributed by atoms with Crippen molar-refractivity contribution in [3.05, 3.63) is 69.4 Å². The van der Waals surface area contributed by atoms with Crippen molar-refractivity contribution >= 4 is 93.8 Å². The topological polar surface area (TPSA) is 302 Å². The molecule has 3 aliphatic heterocycles. The predicted octanol–water partition coefficient (Wildman–Crippen LogP) is 1.08. The molecule has 496 valence electrons. The van der Waals surface area contributed by atoms with Gasteiger partial charge in [-0.05, 0) is 103 Å². The Hall–Kier alpha value is -7.57. The van der Waals surface area contributed by atoms with E-state index in [2.05, 4.69) is 59.7 Å². The molecule has 0 saturated carbocycles. The number of nitrogens with zero attached hydrogens (tertiary/aromatic N) is 8. The number of carboxylic acid groups (broad SMARTS) is 1. The molecule has 0 radical (unpaired) electrons. The molecule has 3 fully saturated rings. The van der Waals surface area contributed by atoms with Crippen LogP contribution in [0.5, 0.6) is 5.75 Å². The Morgan fingerprint density at radius 1 is 0.769 bits per heavy atom. The lowest BCUT2D eigenvalue weighted by molar-refractivity contribution is -0.140. The van der Waals surface area contributed by atoms with Crippen molar-refractivity contribution in [3.63, 3.8) is 0 Å². The smallest absolute Gasteiger partial charge is 0.317 e. The summed E-state index contributed by atoms with van der Waals surface area (Å²) in [6.07, 6.45) is 5.67. The van der Waals surface area contributed by atoms with Gasteiger partial charge in [0.1, 0.15) is 37.8 Å². The summed E-state index contributed by atoms with van der Waals surface area (Å²) in [4.78, 5) is 143. The van der Waals surface area contributed by atoms with Crippen LogP contribution in [0.15, 0.2) is 54.7 Å². The highest BCUT2D eigenvalue weighted by Crippen LogP contribution is 2.32. The molecule has 2 aromatic carbocycles. The summed E-state index contributed by atoms with van der Waals surface area (Å²) in [6, 6.07) is 11.7. The molecule has 3 atom stereocenters. The number of alkyl halides is 3. The molecule has 6 rings (SSSR count). The average Bonchev–Trinajstić information content (AvgIpc) is 1.92. The molecule has 0 aliphatic carbocycles. The SMILES string of the molecule is C#C[C@H]1CC(F)(F)CN1C(=O)CNC(=O)c1ccnc2ccc(OCCCCN3CCN(C(=O)CC(=O)NC(=O)[C@H](CC(F)CCNC(=O)CCCc4ccc(I)cc4)NC(=O)CN4CCN(COC=O)CCN(COC=O)CCN(CC(=O)O)CC4)CC3)cc12. The first kappa shape index (κ1) is 72.5. The van der Waals surface area contributed by atoms with Gasteiger partial charge in [0.25, 0.3) is 24.8 Å². The largest absolute Gasteiger partial charge is 0.494 e. The van der Waals surface area contributed by atoms with Crippen molar-refractivity contribution in [2.24, 2.45) is 0 Å². The highest BCUT2D eigenvalue weighted by atomic mass is 127. The number of carbonyl (C=O) groups excluding carboxylic acids is 9. The van der Waals surface area contributed by atoms with Gasteiger partial charge in [-0.25, -0.2) is 13.2 Å². The molecule has 26 nitrogen and oxygen atoms in total. The summed E-state index contributed by atoms with van der Waals surface area (Å²) in [5, 5.41) is 20.1. The van der Waals surface area contributed by atoms with E-state index in [1.165, 1.54) is 17.2 Å².